The molecule has 8 nitrogen and oxygen atoms in total. The van der Waals surface area contributed by atoms with Crippen molar-refractivity contribution in [2.75, 3.05) is 43.6 Å². The van der Waals surface area contributed by atoms with Crippen molar-refractivity contribution in [2.45, 2.75) is 13.1 Å². The number of amides is 1. The van der Waals surface area contributed by atoms with Gasteiger partial charge in [-0.05, 0) is 48.0 Å². The SMILES string of the molecule is COc1ccc(CNC(=O)c2cc(NCc3ccco3)ccc2N2CCOCC2)cc1O. The Morgan fingerprint density at radius 1 is 1.12 bits per heavy atom. The number of methoxy groups -OCH3 is 1. The fourth-order valence-electron chi connectivity index (χ4n) is 3.63. The highest BCUT2D eigenvalue weighted by molar-refractivity contribution is 6.00. The molecule has 1 saturated heterocycles. The van der Waals surface area contributed by atoms with Crippen molar-refractivity contribution < 1.29 is 23.8 Å². The van der Waals surface area contributed by atoms with Crippen LogP contribution in [0.15, 0.2) is 59.2 Å². The van der Waals surface area contributed by atoms with Gasteiger partial charge in [0.1, 0.15) is 5.76 Å². The third-order valence-electron chi connectivity index (χ3n) is 5.34. The Hall–Kier alpha value is -3.65. The van der Waals surface area contributed by atoms with Gasteiger partial charge in [-0.2, -0.15) is 0 Å². The number of hydrogen-bond donors (Lipinski definition) is 3. The van der Waals surface area contributed by atoms with Crippen LogP contribution in [0.3, 0.4) is 0 Å². The average Bonchev–Trinajstić information content (AvgIpc) is 3.35. The molecule has 3 N–H and O–H groups in total. The first kappa shape index (κ1) is 21.6. The van der Waals surface area contributed by atoms with Crippen LogP contribution in [-0.2, 0) is 17.8 Å². The summed E-state index contributed by atoms with van der Waals surface area (Å²) in [7, 11) is 1.50. The van der Waals surface area contributed by atoms with Crippen LogP contribution in [0.4, 0.5) is 11.4 Å². The molecule has 2 aromatic carbocycles. The number of phenolic OH excluding ortho intramolecular Hbond substituents is 1. The molecule has 1 fully saturated rings. The number of rotatable bonds is 8. The van der Waals surface area contributed by atoms with Crippen LogP contribution in [0.5, 0.6) is 11.5 Å². The molecule has 1 amide bonds. The van der Waals surface area contributed by atoms with Gasteiger partial charge in [0, 0.05) is 31.0 Å². The van der Waals surface area contributed by atoms with Crippen molar-refractivity contribution in [1.82, 2.24) is 5.32 Å². The third kappa shape index (κ3) is 5.15. The number of benzene rings is 2. The monoisotopic (exact) mass is 437 g/mol. The lowest BCUT2D eigenvalue weighted by Crippen LogP contribution is -2.38. The van der Waals surface area contributed by atoms with Gasteiger partial charge in [-0.15, -0.1) is 0 Å². The molecular formula is C24H27N3O5. The van der Waals surface area contributed by atoms with E-state index in [0.29, 0.717) is 31.1 Å². The lowest BCUT2D eigenvalue weighted by molar-refractivity contribution is 0.0949. The number of furan rings is 1. The standard InChI is InChI=1S/C24H27N3O5/c1-30-23-7-4-17(13-22(23)28)15-26-24(29)20-14-18(25-16-19-3-2-10-32-19)5-6-21(20)27-8-11-31-12-9-27/h2-7,10,13-14,25,28H,8-9,11-12,15-16H2,1H3,(H,26,29). The van der Waals surface area contributed by atoms with E-state index in [0.717, 1.165) is 35.8 Å². The maximum atomic E-state index is 13.2. The zero-order chi connectivity index (χ0) is 22.3. The molecule has 0 aliphatic carbocycles. The zero-order valence-electron chi connectivity index (χ0n) is 18.0. The van der Waals surface area contributed by atoms with Crippen molar-refractivity contribution in [3.05, 3.63) is 71.7 Å². The molecular weight excluding hydrogens is 410 g/mol. The summed E-state index contributed by atoms with van der Waals surface area (Å²) >= 11 is 0. The molecule has 8 heteroatoms. The van der Waals surface area contributed by atoms with Gasteiger partial charge < -0.3 is 34.5 Å². The third-order valence-corrected chi connectivity index (χ3v) is 5.34. The quantitative estimate of drug-likeness (QED) is 0.497. The molecule has 4 rings (SSSR count). The van der Waals surface area contributed by atoms with E-state index in [1.165, 1.54) is 7.11 Å². The van der Waals surface area contributed by atoms with Crippen molar-refractivity contribution in [2.24, 2.45) is 0 Å². The van der Waals surface area contributed by atoms with Crippen molar-refractivity contribution in [3.63, 3.8) is 0 Å². The number of anilines is 2. The maximum Gasteiger partial charge on any atom is 0.253 e. The highest BCUT2D eigenvalue weighted by Crippen LogP contribution is 2.28. The first-order valence-electron chi connectivity index (χ1n) is 10.5. The largest absolute Gasteiger partial charge is 0.504 e. The van der Waals surface area contributed by atoms with Crippen molar-refractivity contribution in [3.8, 4) is 11.5 Å². The van der Waals surface area contributed by atoms with Crippen LogP contribution in [0.2, 0.25) is 0 Å². The topological polar surface area (TPSA) is 96.2 Å². The van der Waals surface area contributed by atoms with Gasteiger partial charge in [0.2, 0.25) is 0 Å². The predicted molar refractivity (Wildman–Crippen MR) is 121 cm³/mol. The molecule has 1 aliphatic rings. The molecule has 0 spiro atoms. The van der Waals surface area contributed by atoms with Gasteiger partial charge in [-0.25, -0.2) is 0 Å². The molecule has 0 saturated carbocycles. The van der Waals surface area contributed by atoms with E-state index in [-0.39, 0.29) is 18.2 Å². The van der Waals surface area contributed by atoms with E-state index in [1.807, 2.05) is 36.4 Å². The van der Waals surface area contributed by atoms with Gasteiger partial charge in [0.05, 0.1) is 38.7 Å². The Bertz CT molecular complexity index is 1050. The smallest absolute Gasteiger partial charge is 0.253 e. The Morgan fingerprint density at radius 3 is 2.69 bits per heavy atom. The maximum absolute atomic E-state index is 13.2. The van der Waals surface area contributed by atoms with Gasteiger partial charge in [0.15, 0.2) is 11.5 Å². The van der Waals surface area contributed by atoms with Gasteiger partial charge in [0.25, 0.3) is 5.91 Å². The number of aromatic hydroxyl groups is 1. The summed E-state index contributed by atoms with van der Waals surface area (Å²) in [5.41, 5.74) is 3.04. The van der Waals surface area contributed by atoms with E-state index in [1.54, 1.807) is 18.4 Å². The number of carbonyl (C=O) groups excluding carboxylic acids is 1. The Balaban J connectivity index is 1.51. The summed E-state index contributed by atoms with van der Waals surface area (Å²) in [5, 5.41) is 16.3. The number of hydrogen-bond acceptors (Lipinski definition) is 7. The minimum absolute atomic E-state index is 0.0392. The van der Waals surface area contributed by atoms with Crippen LogP contribution in [-0.4, -0.2) is 44.4 Å². The lowest BCUT2D eigenvalue weighted by atomic mass is 10.1. The second-order valence-electron chi connectivity index (χ2n) is 7.45. The highest BCUT2D eigenvalue weighted by Gasteiger charge is 2.19. The van der Waals surface area contributed by atoms with Crippen LogP contribution < -0.4 is 20.3 Å². The summed E-state index contributed by atoms with van der Waals surface area (Å²) in [6.45, 7) is 3.52. The molecule has 0 radical (unpaired) electrons. The minimum atomic E-state index is -0.191. The number of ether oxygens (including phenoxy) is 2. The number of morpholine rings is 1. The van der Waals surface area contributed by atoms with Gasteiger partial charge >= 0.3 is 0 Å². The molecule has 1 aromatic heterocycles. The Morgan fingerprint density at radius 2 is 1.97 bits per heavy atom. The summed E-state index contributed by atoms with van der Waals surface area (Å²) in [6, 6.07) is 14.6. The number of phenols is 1. The first-order valence-corrected chi connectivity index (χ1v) is 10.5. The van der Waals surface area contributed by atoms with Crippen LogP contribution in [0.25, 0.3) is 0 Å². The molecule has 2 heterocycles. The van der Waals surface area contributed by atoms with Crippen molar-refractivity contribution >= 4 is 17.3 Å². The molecule has 168 valence electrons. The molecule has 0 atom stereocenters. The van der Waals surface area contributed by atoms with E-state index in [4.69, 9.17) is 13.9 Å². The second-order valence-corrected chi connectivity index (χ2v) is 7.45. The Labute approximate surface area is 186 Å². The summed E-state index contributed by atoms with van der Waals surface area (Å²) in [4.78, 5) is 15.3. The predicted octanol–water partition coefficient (Wildman–Crippen LogP) is 3.37. The molecule has 0 unspecified atom stereocenters. The number of nitrogens with zero attached hydrogens (tertiary/aromatic N) is 1. The van der Waals surface area contributed by atoms with E-state index in [2.05, 4.69) is 15.5 Å². The average molecular weight is 437 g/mol. The fourth-order valence-corrected chi connectivity index (χ4v) is 3.63. The van der Waals surface area contributed by atoms with Crippen LogP contribution in [0.1, 0.15) is 21.7 Å². The highest BCUT2D eigenvalue weighted by atomic mass is 16.5. The Kier molecular flexibility index (Phi) is 6.81. The second kappa shape index (κ2) is 10.1. The van der Waals surface area contributed by atoms with Crippen LogP contribution in [0, 0.1) is 0 Å². The number of carbonyl (C=O) groups is 1. The van der Waals surface area contributed by atoms with E-state index in [9.17, 15) is 9.90 Å². The summed E-state index contributed by atoms with van der Waals surface area (Å²) in [6.07, 6.45) is 1.63. The molecule has 0 bridgehead atoms. The fraction of sp³-hybridized carbons (Fsp3) is 0.292. The number of nitrogens with one attached hydrogen (secondary N) is 2. The van der Waals surface area contributed by atoms with Gasteiger partial charge in [-0.1, -0.05) is 6.07 Å². The van der Waals surface area contributed by atoms with E-state index < -0.39 is 0 Å². The molecule has 32 heavy (non-hydrogen) atoms. The minimum Gasteiger partial charge on any atom is -0.504 e. The first-order chi connectivity index (χ1) is 15.6. The normalized spacial score (nSPS) is 13.6. The van der Waals surface area contributed by atoms with Crippen molar-refractivity contribution in [1.29, 1.82) is 0 Å². The van der Waals surface area contributed by atoms with Gasteiger partial charge in [-0.3, -0.25) is 4.79 Å². The molecule has 3 aromatic rings. The molecule has 1 aliphatic heterocycles. The summed E-state index contributed by atoms with van der Waals surface area (Å²) < 4.78 is 15.9. The zero-order valence-corrected chi connectivity index (χ0v) is 18.0. The summed E-state index contributed by atoms with van der Waals surface area (Å²) in [5.74, 6) is 1.05. The van der Waals surface area contributed by atoms with E-state index >= 15 is 0 Å². The van der Waals surface area contributed by atoms with Crippen LogP contribution >= 0.6 is 0 Å². The lowest BCUT2D eigenvalue weighted by Gasteiger charge is -2.30.